The lowest BCUT2D eigenvalue weighted by Crippen LogP contribution is -2.64. The van der Waals surface area contributed by atoms with E-state index in [9.17, 15) is 0 Å². The van der Waals surface area contributed by atoms with E-state index in [0.29, 0.717) is 17.8 Å². The molecule has 0 radical (unpaired) electrons. The van der Waals surface area contributed by atoms with E-state index >= 15 is 0 Å². The van der Waals surface area contributed by atoms with Gasteiger partial charge in [-0.2, -0.15) is 0 Å². The minimum atomic E-state index is -2.18. The van der Waals surface area contributed by atoms with Crippen molar-refractivity contribution < 1.29 is 0 Å². The van der Waals surface area contributed by atoms with Gasteiger partial charge in [-0.25, -0.2) is 0 Å². The molecule has 0 bridgehead atoms. The van der Waals surface area contributed by atoms with Crippen molar-refractivity contribution in [2.75, 3.05) is 9.80 Å². The molecule has 4 atom stereocenters. The van der Waals surface area contributed by atoms with Crippen molar-refractivity contribution >= 4 is 108 Å². The zero-order valence-corrected chi connectivity index (χ0v) is 57.9. The largest absolute Gasteiger partial charge is 0.334 e. The number of fused-ring (bicyclic) bond motifs is 10. The van der Waals surface area contributed by atoms with E-state index in [2.05, 4.69) is 323 Å². The van der Waals surface area contributed by atoms with Crippen LogP contribution in [0.1, 0.15) is 98.5 Å². The lowest BCUT2D eigenvalue weighted by molar-refractivity contribution is 0.220. The first-order valence-corrected chi connectivity index (χ1v) is 38.9. The summed E-state index contributed by atoms with van der Waals surface area (Å²) in [5.74, 6) is 1.18. The van der Waals surface area contributed by atoms with Gasteiger partial charge in [-0.1, -0.05) is 242 Å². The van der Waals surface area contributed by atoms with Gasteiger partial charge in [0.2, 0.25) is 0 Å². The predicted molar refractivity (Wildman–Crippen MR) is 412 cm³/mol. The number of benzene rings is 10. The standard InChI is InChI=1S/C89H87BN4Si/c1-88(2,3)62-50-71(58-30-14-10-15-31-58)86(72(51-62)59-32-16-11-17-33-59)93-81-54-64(91-77-42-26-22-38-67(77)68-39-23-27-43-78(68)91)46-48-75(81)90-76-49-47-65(92-79-44-28-24-40-69(79)70-41-25-29-45-80(70)92)55-82(76)94(84-57-66(95(7,8)9)56-83(93)85(84)90)87-73(60-34-18-12-19-35-60)52-63(89(4,5)6)53-74(87)61-36-20-13-21-37-61/h10-12,14-18,22-33,36,38-52,54-57,60,63,74,87H,13,19-21,34-35,37,53H2,1-9H3. The van der Waals surface area contributed by atoms with Gasteiger partial charge in [0.1, 0.15) is 0 Å². The van der Waals surface area contributed by atoms with Crippen LogP contribution in [0, 0.1) is 23.2 Å². The molecule has 3 aliphatic carbocycles. The predicted octanol–water partition coefficient (Wildman–Crippen LogP) is 21.6. The fourth-order valence-electron chi connectivity index (χ4n) is 17.6. The molecule has 0 N–H and O–H groups in total. The van der Waals surface area contributed by atoms with Crippen LogP contribution in [0.25, 0.3) is 77.2 Å². The molecule has 4 unspecified atom stereocenters. The Hall–Kier alpha value is -9.10. The second-order valence-corrected chi connectivity index (χ2v) is 36.5. The van der Waals surface area contributed by atoms with Gasteiger partial charge in [-0.15, -0.1) is 0 Å². The Labute approximate surface area is 564 Å². The van der Waals surface area contributed by atoms with E-state index in [1.807, 2.05) is 0 Å². The molecule has 0 fully saturated rings. The summed E-state index contributed by atoms with van der Waals surface area (Å²) in [4.78, 5) is 5.86. The van der Waals surface area contributed by atoms with Crippen LogP contribution in [0.15, 0.2) is 254 Å². The Bertz CT molecular complexity index is 4970. The van der Waals surface area contributed by atoms with Gasteiger partial charge in [0.25, 0.3) is 6.71 Å². The van der Waals surface area contributed by atoms with Gasteiger partial charge >= 0.3 is 0 Å². The molecule has 0 amide bonds. The van der Waals surface area contributed by atoms with Crippen molar-refractivity contribution in [1.29, 1.82) is 0 Å². The summed E-state index contributed by atoms with van der Waals surface area (Å²) in [6.07, 6.45) is 19.9. The van der Waals surface area contributed by atoms with Crippen LogP contribution in [-0.4, -0.2) is 30.0 Å². The summed E-state index contributed by atoms with van der Waals surface area (Å²) in [6, 6.07) is 85.0. The number of aromatic nitrogens is 2. The van der Waals surface area contributed by atoms with E-state index in [1.54, 1.807) is 11.1 Å². The Morgan fingerprint density at radius 1 is 0.495 bits per heavy atom. The van der Waals surface area contributed by atoms with Gasteiger partial charge in [0.15, 0.2) is 0 Å². The molecule has 10 aromatic carbocycles. The fraction of sp³-hybridized carbons (Fsp3) is 0.258. The fourth-order valence-corrected chi connectivity index (χ4v) is 18.8. The van der Waals surface area contributed by atoms with Gasteiger partial charge in [-0.05, 0) is 185 Å². The second kappa shape index (κ2) is 22.8. The number of rotatable bonds is 9. The maximum absolute atomic E-state index is 3.05. The zero-order chi connectivity index (χ0) is 64.6. The number of para-hydroxylation sites is 4. The van der Waals surface area contributed by atoms with Gasteiger partial charge in [0.05, 0.1) is 41.9 Å². The third kappa shape index (κ3) is 9.89. The molecular weight excluding hydrogens is 1160 g/mol. The maximum atomic E-state index is 3.05. The molecule has 0 saturated heterocycles. The van der Waals surface area contributed by atoms with Crippen LogP contribution < -0.4 is 31.4 Å². The second-order valence-electron chi connectivity index (χ2n) is 31.4. The molecule has 0 saturated carbocycles. The highest BCUT2D eigenvalue weighted by Gasteiger charge is 2.51. The van der Waals surface area contributed by atoms with Crippen molar-refractivity contribution in [3.8, 4) is 33.6 Å². The van der Waals surface area contributed by atoms with E-state index in [4.69, 9.17) is 0 Å². The van der Waals surface area contributed by atoms with Crippen molar-refractivity contribution in [3.63, 3.8) is 0 Å². The summed E-state index contributed by atoms with van der Waals surface area (Å²) < 4.78 is 5.12. The lowest BCUT2D eigenvalue weighted by Gasteiger charge is -2.53. The molecule has 6 heteroatoms. The quantitative estimate of drug-likeness (QED) is 0.106. The Balaban J connectivity index is 1.04. The topological polar surface area (TPSA) is 16.3 Å². The monoisotopic (exact) mass is 1250 g/mol. The third-order valence-electron chi connectivity index (χ3n) is 22.5. The number of nitrogens with zero attached hydrogens (tertiary/aromatic N) is 4. The normalized spacial score (nSPS) is 18.9. The molecule has 4 nitrogen and oxygen atoms in total. The van der Waals surface area contributed by atoms with Crippen molar-refractivity contribution in [1.82, 2.24) is 9.13 Å². The van der Waals surface area contributed by atoms with E-state index in [0.717, 1.165) is 37.8 Å². The van der Waals surface area contributed by atoms with Gasteiger partial charge in [0, 0.05) is 72.7 Å². The molecule has 12 aromatic rings. The minimum Gasteiger partial charge on any atom is -0.334 e. The average molecular weight is 1250 g/mol. The van der Waals surface area contributed by atoms with Crippen LogP contribution in [0.5, 0.6) is 0 Å². The van der Waals surface area contributed by atoms with E-state index in [-0.39, 0.29) is 23.6 Å². The smallest absolute Gasteiger partial charge is 0.252 e. The molecule has 4 heterocycles. The highest BCUT2D eigenvalue weighted by Crippen LogP contribution is 2.55. The average Bonchev–Trinajstić information content (AvgIpc) is 1.11. The summed E-state index contributed by atoms with van der Waals surface area (Å²) in [5, 5.41) is 6.57. The highest BCUT2D eigenvalue weighted by molar-refractivity contribution is 7.00. The molecular formula is C89H87BN4Si. The van der Waals surface area contributed by atoms with Crippen molar-refractivity contribution in [3.05, 3.63) is 259 Å². The van der Waals surface area contributed by atoms with E-state index in [1.165, 1.54) is 146 Å². The van der Waals surface area contributed by atoms with Gasteiger partial charge < -0.3 is 18.9 Å². The maximum Gasteiger partial charge on any atom is 0.252 e. The Kier molecular flexibility index (Phi) is 14.3. The molecule has 2 aliphatic heterocycles. The number of hydrogen-bond acceptors (Lipinski definition) is 2. The first-order valence-electron chi connectivity index (χ1n) is 35.4. The summed E-state index contributed by atoms with van der Waals surface area (Å²) in [5.41, 5.74) is 27.3. The molecule has 2 aromatic heterocycles. The van der Waals surface area contributed by atoms with Crippen molar-refractivity contribution in [2.45, 2.75) is 124 Å². The van der Waals surface area contributed by atoms with Crippen LogP contribution >= 0.6 is 0 Å². The molecule has 0 spiro atoms. The lowest BCUT2D eigenvalue weighted by atomic mass is 9.33. The van der Waals surface area contributed by atoms with Crippen LogP contribution in [0.3, 0.4) is 0 Å². The molecule has 470 valence electrons. The molecule has 17 rings (SSSR count). The van der Waals surface area contributed by atoms with Crippen LogP contribution in [-0.2, 0) is 5.41 Å². The summed E-state index contributed by atoms with van der Waals surface area (Å²) in [6.45, 7) is 22.4. The Morgan fingerprint density at radius 2 is 1.01 bits per heavy atom. The number of hydrogen-bond donors (Lipinski definition) is 0. The van der Waals surface area contributed by atoms with Crippen molar-refractivity contribution in [2.24, 2.45) is 23.2 Å². The number of anilines is 5. The SMILES string of the molecule is CC(C)(C)c1cc(-c2ccccc2)c(N2c3cc(-n4c5ccccc5c5ccccc54)ccc3B3c4ccc(-n5c6ccccc6c6ccccc65)cc4N(C4C(C5CC=CCC5)=CC(C(C)(C)C)CC4C4=CCCCC4)c4cc([Si](C)(C)C)cc2c43)c(-c2ccccc2)c1. The number of allylic oxidation sites excluding steroid dienone is 4. The summed E-state index contributed by atoms with van der Waals surface area (Å²) in [7, 11) is -2.18. The highest BCUT2D eigenvalue weighted by atomic mass is 28.3. The zero-order valence-electron chi connectivity index (χ0n) is 56.9. The van der Waals surface area contributed by atoms with Crippen LogP contribution in [0.2, 0.25) is 19.6 Å². The van der Waals surface area contributed by atoms with E-state index < -0.39 is 8.07 Å². The molecule has 5 aliphatic rings. The van der Waals surface area contributed by atoms with Gasteiger partial charge in [-0.3, -0.25) is 0 Å². The summed E-state index contributed by atoms with van der Waals surface area (Å²) >= 11 is 0. The minimum absolute atomic E-state index is 0.0851. The van der Waals surface area contributed by atoms with Crippen LogP contribution in [0.4, 0.5) is 28.4 Å². The molecule has 95 heavy (non-hydrogen) atoms. The first-order chi connectivity index (χ1) is 46.1. The third-order valence-corrected chi connectivity index (χ3v) is 24.6. The Morgan fingerprint density at radius 3 is 1.51 bits per heavy atom. The first kappa shape index (κ1) is 59.6.